The average Bonchev–Trinajstić information content (AvgIpc) is 1.57. The number of carbonyl (C=O) groups is 13. The fourth-order valence-electron chi connectivity index (χ4n) is 17.0. The van der Waals surface area contributed by atoms with Crippen molar-refractivity contribution in [2.75, 3.05) is 32.6 Å². The van der Waals surface area contributed by atoms with Crippen molar-refractivity contribution in [1.29, 1.82) is 0 Å². The van der Waals surface area contributed by atoms with Gasteiger partial charge in [0.1, 0.15) is 39.0 Å². The minimum absolute atomic E-state index is 0. The number of nitrogen functional groups attached to an aromatic ring is 2. The lowest BCUT2D eigenvalue weighted by Crippen LogP contribution is -2.48. The van der Waals surface area contributed by atoms with Crippen LogP contribution in [0.15, 0.2) is 146 Å². The third-order valence-electron chi connectivity index (χ3n) is 23.1. The van der Waals surface area contributed by atoms with Crippen LogP contribution in [0, 0.1) is 40.5 Å². The molecule has 7 aliphatic carbocycles. The molecular formula is C80H84N18O23. The standard InChI is InChI=1S/C12H11N3O4.C12H13N3O2.C12H12N2O2.C11H9N3O4.C11H11N3O2.C11H10N2O2.C9H8O.2CH4.2HNO3/c1-14-11(17)13-10(16)12(14)5-7-2-3-9(15(18)19)4-8(7)6-12;1-15-11(17)14-10(16)12(15)5-7-2-3-9(13)4-8(7)6-12;1-14-11(16)13-10(15)12(14)6-8-4-2-3-5-9(8)7-12;15-9-11(13-10(16)12-9)4-6-1-2-8(14(17)18)3-7(6)5-11;12-8-2-1-6-4-11(5-7(6)3-8)9(15)13-10(16)14-11;14-9-11(13-10(15)12-9)5-7-3-1-2-4-8(7)6-11;10-9-5-7-3-1-2-4-8(7)6-9;;;2*2-1(3)4/h2-4H,5-6H2,1H3,(H,13,16,17);2-4H,5-6,13H2,1H3,(H,14,16,17);2-5H,6-7H2,1H3,(H,13,15,16);1-3H,4-5H2,(H2,12,13,15,16);1-3H,4-5,12H2,(H2,13,14,15,16);1-4H,5-6H2,(H2,12,13,14,15);1-4H,5-6H2;2*1H4;2*(H,2,3,4). The predicted octanol–water partition coefficient (Wildman–Crippen LogP) is 4.12. The van der Waals surface area contributed by atoms with Gasteiger partial charge in [-0.25, -0.2) is 28.8 Å². The molecule has 13 aliphatic rings. The highest BCUT2D eigenvalue weighted by Gasteiger charge is 2.58. The van der Waals surface area contributed by atoms with Crippen LogP contribution in [0.4, 0.5) is 51.5 Å². The number of anilines is 2. The van der Waals surface area contributed by atoms with Crippen LogP contribution in [0.3, 0.4) is 0 Å². The molecule has 41 heteroatoms. The Kier molecular flexibility index (Phi) is 24.8. The Morgan fingerprint density at radius 1 is 0.314 bits per heavy atom. The average molecular weight is 1670 g/mol. The second-order valence-electron chi connectivity index (χ2n) is 30.3. The van der Waals surface area contributed by atoms with Crippen molar-refractivity contribution in [3.8, 4) is 0 Å². The van der Waals surface area contributed by atoms with Gasteiger partial charge in [-0.1, -0.05) is 112 Å². The number of amides is 18. The number of nitrogens with two attached hydrogens (primary N) is 2. The van der Waals surface area contributed by atoms with Gasteiger partial charge >= 0.3 is 36.2 Å². The molecule has 15 N–H and O–H groups in total. The molecule has 0 bridgehead atoms. The first-order valence-electron chi connectivity index (χ1n) is 36.6. The van der Waals surface area contributed by atoms with Crippen LogP contribution < -0.4 is 59.3 Å². The number of Topliss-reactive ketones (excluding diaryl/α,β-unsaturated/α-hetero) is 1. The number of nitro groups is 2. The molecule has 6 spiro atoms. The van der Waals surface area contributed by atoms with Crippen molar-refractivity contribution in [3.63, 3.8) is 0 Å². The second-order valence-corrected chi connectivity index (χ2v) is 30.3. The number of fused-ring (bicyclic) bond motifs is 7. The summed E-state index contributed by atoms with van der Waals surface area (Å²) in [6.45, 7) is 0. The van der Waals surface area contributed by atoms with Crippen LogP contribution in [0.2, 0.25) is 0 Å². The molecule has 6 heterocycles. The highest BCUT2D eigenvalue weighted by atomic mass is 16.9. The van der Waals surface area contributed by atoms with E-state index in [-0.39, 0.29) is 79.8 Å². The number of hydrogen-bond acceptors (Lipinski definition) is 23. The zero-order valence-electron chi connectivity index (χ0n) is 63.5. The van der Waals surface area contributed by atoms with Crippen LogP contribution in [-0.2, 0) is 123 Å². The Morgan fingerprint density at radius 2 is 0.537 bits per heavy atom. The van der Waals surface area contributed by atoms with Gasteiger partial charge < -0.3 is 52.5 Å². The van der Waals surface area contributed by atoms with Crippen LogP contribution in [0.25, 0.3) is 0 Å². The lowest BCUT2D eigenvalue weighted by molar-refractivity contribution is -0.742. The van der Waals surface area contributed by atoms with Gasteiger partial charge in [0.05, 0.1) is 9.85 Å². The molecule has 18 amide bonds. The number of rotatable bonds is 2. The van der Waals surface area contributed by atoms with E-state index in [1.807, 2.05) is 109 Å². The number of ketones is 1. The van der Waals surface area contributed by atoms with E-state index in [1.54, 1.807) is 33.3 Å². The number of hydrogen-bond donors (Lipinski definition) is 13. The number of likely N-dealkylation sites (N-methyl/N-ethyl adjacent to an activating group) is 3. The zero-order valence-corrected chi connectivity index (χ0v) is 63.5. The fraction of sp³-hybridized carbons (Fsp3) is 0.312. The van der Waals surface area contributed by atoms with Crippen molar-refractivity contribution in [2.24, 2.45) is 0 Å². The number of nitrogens with zero attached hydrogens (tertiary/aromatic N) is 7. The summed E-state index contributed by atoms with van der Waals surface area (Å²) in [7, 11) is 4.92. The molecule has 4 atom stereocenters. The predicted molar refractivity (Wildman–Crippen MR) is 425 cm³/mol. The third kappa shape index (κ3) is 17.6. The molecule has 6 fully saturated rings. The van der Waals surface area contributed by atoms with E-state index in [4.69, 9.17) is 42.1 Å². The van der Waals surface area contributed by atoms with Gasteiger partial charge in [-0.05, 0) is 102 Å². The molecule has 632 valence electrons. The number of nitro benzene ring substituents is 2. The molecule has 0 aromatic heterocycles. The first-order valence-corrected chi connectivity index (χ1v) is 36.6. The van der Waals surface area contributed by atoms with Gasteiger partial charge in [-0.3, -0.25) is 85.7 Å². The number of benzene rings is 7. The Balaban J connectivity index is 0.000000146. The summed E-state index contributed by atoms with van der Waals surface area (Å²) in [5.74, 6) is -1.18. The maximum atomic E-state index is 12.0. The SMILES string of the molecule is C.C.CN1C(=O)NC(=O)C12Cc1ccc(N)cc1C2.CN1C(=O)NC(=O)C12Cc1ccc([N+](=O)[O-])cc1C2.CN1C(=O)NC(=O)C12Cc1ccccc1C2.Nc1ccc2c(c1)CC1(C2)NC(=O)NC1=O.O=C1Cc2ccccc2C1.O=C1NC(=O)C2(Cc3ccc([N+](=O)[O-])cc3C2)N1.O=C1NC(=O)C2(Cc3ccccc3C2)N1.O=[N+]([O-])O.O=[N+]([O-])O. The molecule has 0 radical (unpaired) electrons. The normalized spacial score (nSPS) is 22.0. The monoisotopic (exact) mass is 1660 g/mol. The molecule has 20 rings (SSSR count). The number of non-ortho nitro benzene ring substituents is 2. The van der Waals surface area contributed by atoms with E-state index in [9.17, 15) is 82.6 Å². The van der Waals surface area contributed by atoms with E-state index in [1.165, 1.54) is 61.2 Å². The van der Waals surface area contributed by atoms with E-state index in [2.05, 4.69) is 47.9 Å². The van der Waals surface area contributed by atoms with E-state index < -0.39 is 71.3 Å². The van der Waals surface area contributed by atoms with Crippen molar-refractivity contribution in [3.05, 3.63) is 264 Å². The Labute approximate surface area is 687 Å². The summed E-state index contributed by atoms with van der Waals surface area (Å²) in [5, 5.41) is 70.6. The number of nitrogens with one attached hydrogen (secondary N) is 9. The van der Waals surface area contributed by atoms with Gasteiger partial charge in [-0.2, -0.15) is 0 Å². The summed E-state index contributed by atoms with van der Waals surface area (Å²) in [4.78, 5) is 192. The molecule has 41 nitrogen and oxygen atoms in total. The molecule has 7 aromatic rings. The van der Waals surface area contributed by atoms with E-state index in [0.717, 1.165) is 55.6 Å². The minimum atomic E-state index is -1.50. The highest BCUT2D eigenvalue weighted by molar-refractivity contribution is 6.11. The Bertz CT molecular complexity index is 5470. The van der Waals surface area contributed by atoms with Gasteiger partial charge in [0, 0.05) is 147 Å². The van der Waals surface area contributed by atoms with E-state index in [0.29, 0.717) is 107 Å². The Morgan fingerprint density at radius 3 is 0.802 bits per heavy atom. The lowest BCUT2D eigenvalue weighted by atomic mass is 9.95. The minimum Gasteiger partial charge on any atom is -0.399 e. The number of urea groups is 6. The molecule has 4 unspecified atom stereocenters. The quantitative estimate of drug-likeness (QED) is 0.0501. The molecular weight excluding hydrogens is 1580 g/mol. The lowest BCUT2D eigenvalue weighted by Gasteiger charge is -2.27. The maximum Gasteiger partial charge on any atom is 0.324 e. The first-order chi connectivity index (χ1) is 56.2. The summed E-state index contributed by atoms with van der Waals surface area (Å²) < 4.78 is 0. The summed E-state index contributed by atoms with van der Waals surface area (Å²) >= 11 is 0. The highest BCUT2D eigenvalue weighted by Crippen LogP contribution is 2.42. The largest absolute Gasteiger partial charge is 0.399 e. The first kappa shape index (κ1) is 88.0. The van der Waals surface area contributed by atoms with Gasteiger partial charge in [0.15, 0.2) is 0 Å². The van der Waals surface area contributed by atoms with Gasteiger partial charge in [-0.15, -0.1) is 20.2 Å². The van der Waals surface area contributed by atoms with Crippen molar-refractivity contribution in [1.82, 2.24) is 62.6 Å². The summed E-state index contributed by atoms with van der Waals surface area (Å²) in [6, 6.07) is 41.9. The van der Waals surface area contributed by atoms with Gasteiger partial charge in [0.25, 0.3) is 57.0 Å². The van der Waals surface area contributed by atoms with Gasteiger partial charge in [0.2, 0.25) is 0 Å². The fourth-order valence-corrected chi connectivity index (χ4v) is 17.0. The molecule has 7 aromatic carbocycles. The van der Waals surface area contributed by atoms with Crippen LogP contribution in [0.5, 0.6) is 0 Å². The number of carbonyl (C=O) groups excluding carboxylic acids is 13. The Hall–Kier alpha value is -15.4. The zero-order chi connectivity index (χ0) is 86.2. The topological polar surface area (TPSA) is 605 Å². The molecule has 6 saturated heterocycles. The molecule has 6 aliphatic heterocycles. The van der Waals surface area contributed by atoms with Crippen LogP contribution in [-0.4, -0.2) is 177 Å². The molecule has 121 heavy (non-hydrogen) atoms. The van der Waals surface area contributed by atoms with Crippen LogP contribution >= 0.6 is 0 Å². The van der Waals surface area contributed by atoms with Crippen molar-refractivity contribution < 1.29 is 92.8 Å². The van der Waals surface area contributed by atoms with E-state index >= 15 is 0 Å². The van der Waals surface area contributed by atoms with Crippen LogP contribution in [0.1, 0.15) is 92.7 Å². The third-order valence-corrected chi connectivity index (χ3v) is 23.1. The maximum absolute atomic E-state index is 12.0. The summed E-state index contributed by atoms with van der Waals surface area (Å²) in [6.07, 6.45) is 7.29. The van der Waals surface area contributed by atoms with Crippen molar-refractivity contribution >= 4 is 100 Å². The smallest absolute Gasteiger partial charge is 0.324 e. The van der Waals surface area contributed by atoms with Crippen molar-refractivity contribution in [2.45, 2.75) is 138 Å². The molecule has 0 saturated carbocycles. The summed E-state index contributed by atoms with van der Waals surface area (Å²) in [5.41, 5.74) is 22.5. The second kappa shape index (κ2) is 34.1. The number of imide groups is 6.